The molecule has 1 fully saturated rings. The van der Waals surface area contributed by atoms with E-state index in [1.165, 1.54) is 0 Å². The minimum Gasteiger partial charge on any atom is -0.381 e. The van der Waals surface area contributed by atoms with E-state index in [1.807, 2.05) is 0 Å². The summed E-state index contributed by atoms with van der Waals surface area (Å²) in [5.74, 6) is 0.383. The lowest BCUT2D eigenvalue weighted by Crippen LogP contribution is -2.16. The summed E-state index contributed by atoms with van der Waals surface area (Å²) in [6.45, 7) is 5.94. The minimum absolute atomic E-state index is 0.218. The predicted molar refractivity (Wildman–Crippen MR) is 59.8 cm³/mol. The maximum absolute atomic E-state index is 5.82. The van der Waals surface area contributed by atoms with Gasteiger partial charge in [-0.3, -0.25) is 4.68 Å². The number of nitrogens with zero attached hydrogens (tertiary/aromatic N) is 2. The van der Waals surface area contributed by atoms with Crippen LogP contribution in [0.15, 0.2) is 6.20 Å². The monoisotopic (exact) mass is 229 g/mol. The topological polar surface area (TPSA) is 53.1 Å². The summed E-state index contributed by atoms with van der Waals surface area (Å²) in [5.41, 5.74) is 5.83. The first kappa shape index (κ1) is 10.8. The number of anilines is 1. The fraction of sp³-hybridized carbons (Fsp3) is 0.700. The maximum atomic E-state index is 5.82. The predicted octanol–water partition coefficient (Wildman–Crippen LogP) is 1.93. The third kappa shape index (κ3) is 2.44. The van der Waals surface area contributed by atoms with Crippen molar-refractivity contribution in [3.05, 3.63) is 11.2 Å². The zero-order valence-corrected chi connectivity index (χ0v) is 9.79. The Labute approximate surface area is 94.3 Å². The van der Waals surface area contributed by atoms with Crippen LogP contribution in [0.3, 0.4) is 0 Å². The molecule has 0 aliphatic carbocycles. The average Bonchev–Trinajstić information content (AvgIpc) is 2.58. The first-order valence-electron chi connectivity index (χ1n) is 5.06. The van der Waals surface area contributed by atoms with Gasteiger partial charge in [0.15, 0.2) is 5.82 Å². The van der Waals surface area contributed by atoms with Gasteiger partial charge in [-0.1, -0.05) is 25.4 Å². The Morgan fingerprint density at radius 1 is 1.73 bits per heavy atom. The lowest BCUT2D eigenvalue weighted by Gasteiger charge is -2.13. The first-order valence-corrected chi connectivity index (χ1v) is 5.44. The fourth-order valence-electron chi connectivity index (χ4n) is 1.91. The van der Waals surface area contributed by atoms with Gasteiger partial charge in [-0.2, -0.15) is 5.10 Å². The van der Waals surface area contributed by atoms with Crippen LogP contribution in [0.1, 0.15) is 20.3 Å². The zero-order valence-electron chi connectivity index (χ0n) is 9.03. The molecule has 2 heterocycles. The van der Waals surface area contributed by atoms with Crippen LogP contribution in [0, 0.1) is 5.41 Å². The number of hydrogen-bond donors (Lipinski definition) is 1. The molecule has 84 valence electrons. The van der Waals surface area contributed by atoms with E-state index in [-0.39, 0.29) is 11.5 Å². The molecule has 15 heavy (non-hydrogen) atoms. The van der Waals surface area contributed by atoms with Crippen LogP contribution >= 0.6 is 11.6 Å². The van der Waals surface area contributed by atoms with Crippen molar-refractivity contribution >= 4 is 17.4 Å². The summed E-state index contributed by atoms with van der Waals surface area (Å²) in [7, 11) is 0. The molecule has 1 atom stereocenters. The summed E-state index contributed by atoms with van der Waals surface area (Å²) >= 11 is 5.82. The van der Waals surface area contributed by atoms with Gasteiger partial charge in [-0.25, -0.2) is 0 Å². The van der Waals surface area contributed by atoms with Crippen molar-refractivity contribution in [1.29, 1.82) is 0 Å². The molecule has 1 unspecified atom stereocenters. The van der Waals surface area contributed by atoms with Crippen LogP contribution in [0.5, 0.6) is 0 Å². The Hall–Kier alpha value is -0.740. The molecular formula is C10H16ClN3O. The van der Waals surface area contributed by atoms with Crippen molar-refractivity contribution in [2.24, 2.45) is 5.41 Å². The Balaban J connectivity index is 1.98. The number of ether oxygens (including phenoxy) is 1. The highest BCUT2D eigenvalue weighted by molar-refractivity contribution is 6.32. The summed E-state index contributed by atoms with van der Waals surface area (Å²) < 4.78 is 7.43. The Kier molecular flexibility index (Phi) is 2.64. The number of nitrogens with two attached hydrogens (primary N) is 1. The largest absolute Gasteiger partial charge is 0.381 e. The molecule has 2 N–H and O–H groups in total. The summed E-state index contributed by atoms with van der Waals surface area (Å²) in [4.78, 5) is 0. The second-order valence-corrected chi connectivity index (χ2v) is 5.29. The number of rotatable bonds is 2. The molecule has 0 radical (unpaired) electrons. The molecule has 1 saturated heterocycles. The molecular weight excluding hydrogens is 214 g/mol. The first-order chi connectivity index (χ1) is 6.96. The molecule has 1 aromatic heterocycles. The second-order valence-electron chi connectivity index (χ2n) is 4.89. The average molecular weight is 230 g/mol. The Morgan fingerprint density at radius 3 is 2.93 bits per heavy atom. The van der Waals surface area contributed by atoms with Crippen LogP contribution < -0.4 is 5.73 Å². The molecule has 4 nitrogen and oxygen atoms in total. The van der Waals surface area contributed by atoms with E-state index >= 15 is 0 Å². The van der Waals surface area contributed by atoms with E-state index in [1.54, 1.807) is 10.9 Å². The van der Waals surface area contributed by atoms with E-state index in [9.17, 15) is 0 Å². The minimum atomic E-state index is 0.218. The maximum Gasteiger partial charge on any atom is 0.164 e. The van der Waals surface area contributed by atoms with Gasteiger partial charge in [0.1, 0.15) is 5.02 Å². The lowest BCUT2D eigenvalue weighted by atomic mass is 9.91. The summed E-state index contributed by atoms with van der Waals surface area (Å²) in [6, 6.07) is 0. The highest BCUT2D eigenvalue weighted by Crippen LogP contribution is 2.32. The molecule has 1 aromatic rings. The molecule has 0 bridgehead atoms. The van der Waals surface area contributed by atoms with Gasteiger partial charge in [-0.05, 0) is 11.8 Å². The van der Waals surface area contributed by atoms with Crippen LogP contribution in [-0.4, -0.2) is 22.5 Å². The van der Waals surface area contributed by atoms with Crippen molar-refractivity contribution in [1.82, 2.24) is 9.78 Å². The molecule has 0 spiro atoms. The van der Waals surface area contributed by atoms with Gasteiger partial charge < -0.3 is 10.5 Å². The van der Waals surface area contributed by atoms with Gasteiger partial charge in [0.2, 0.25) is 0 Å². The highest BCUT2D eigenvalue weighted by atomic mass is 35.5. The molecule has 0 amide bonds. The number of aromatic nitrogens is 2. The van der Waals surface area contributed by atoms with Crippen molar-refractivity contribution < 1.29 is 4.74 Å². The van der Waals surface area contributed by atoms with Crippen molar-refractivity contribution in [2.75, 3.05) is 12.3 Å². The van der Waals surface area contributed by atoms with Crippen LogP contribution in [-0.2, 0) is 11.3 Å². The van der Waals surface area contributed by atoms with Gasteiger partial charge in [-0.15, -0.1) is 0 Å². The molecule has 0 saturated carbocycles. The Morgan fingerprint density at radius 2 is 2.47 bits per heavy atom. The third-order valence-corrected chi connectivity index (χ3v) is 2.92. The van der Waals surface area contributed by atoms with Gasteiger partial charge in [0.25, 0.3) is 0 Å². The van der Waals surface area contributed by atoms with Crippen LogP contribution in [0.25, 0.3) is 0 Å². The fourth-order valence-corrected chi connectivity index (χ4v) is 2.06. The second kappa shape index (κ2) is 3.68. The van der Waals surface area contributed by atoms with E-state index in [0.29, 0.717) is 10.8 Å². The standard InChI is InChI=1S/C10H16ClN3O/c1-10(2)3-7(15-6-10)4-14-5-8(11)9(12)13-14/h5,7H,3-4,6H2,1-2H3,(H2,12,13). The SMILES string of the molecule is CC1(C)COC(Cn2cc(Cl)c(N)n2)C1. The Bertz CT molecular complexity index is 342. The summed E-state index contributed by atoms with van der Waals surface area (Å²) in [6.07, 6.45) is 3.01. The number of halogens is 1. The summed E-state index contributed by atoms with van der Waals surface area (Å²) in [5, 5.41) is 4.61. The third-order valence-electron chi connectivity index (χ3n) is 2.62. The molecule has 1 aliphatic heterocycles. The highest BCUT2D eigenvalue weighted by Gasteiger charge is 2.32. The molecule has 1 aliphatic rings. The lowest BCUT2D eigenvalue weighted by molar-refractivity contribution is 0.0853. The quantitative estimate of drug-likeness (QED) is 0.843. The van der Waals surface area contributed by atoms with E-state index in [4.69, 9.17) is 22.1 Å². The van der Waals surface area contributed by atoms with Crippen molar-refractivity contribution in [2.45, 2.75) is 32.9 Å². The van der Waals surface area contributed by atoms with Crippen molar-refractivity contribution in [3.8, 4) is 0 Å². The van der Waals surface area contributed by atoms with Crippen molar-refractivity contribution in [3.63, 3.8) is 0 Å². The molecule has 0 aromatic carbocycles. The molecule has 5 heteroatoms. The van der Waals surface area contributed by atoms with Crippen LogP contribution in [0.2, 0.25) is 5.02 Å². The normalized spacial score (nSPS) is 24.6. The van der Waals surface area contributed by atoms with Gasteiger partial charge in [0.05, 0.1) is 19.3 Å². The smallest absolute Gasteiger partial charge is 0.164 e. The number of hydrogen-bond acceptors (Lipinski definition) is 3. The number of nitrogen functional groups attached to an aromatic ring is 1. The van der Waals surface area contributed by atoms with E-state index in [2.05, 4.69) is 18.9 Å². The van der Waals surface area contributed by atoms with Gasteiger partial charge >= 0.3 is 0 Å². The van der Waals surface area contributed by atoms with E-state index in [0.717, 1.165) is 19.6 Å². The van der Waals surface area contributed by atoms with Crippen LogP contribution in [0.4, 0.5) is 5.82 Å². The molecule has 2 rings (SSSR count). The van der Waals surface area contributed by atoms with E-state index < -0.39 is 0 Å². The van der Waals surface area contributed by atoms with Gasteiger partial charge in [0, 0.05) is 6.20 Å². The zero-order chi connectivity index (χ0) is 11.1.